The van der Waals surface area contributed by atoms with Crippen molar-refractivity contribution >= 4 is 15.9 Å². The van der Waals surface area contributed by atoms with Gasteiger partial charge in [0.25, 0.3) is 0 Å². The third-order valence-electron chi connectivity index (χ3n) is 5.24. The number of sulfonamides is 1. The Morgan fingerprint density at radius 2 is 1.83 bits per heavy atom. The van der Waals surface area contributed by atoms with Gasteiger partial charge in [-0.3, -0.25) is 4.79 Å². The molecule has 1 aliphatic heterocycles. The molecule has 2 aliphatic rings. The maximum absolute atomic E-state index is 13.0. The number of carbonyl (C=O) groups is 1. The van der Waals surface area contributed by atoms with E-state index in [0.29, 0.717) is 0 Å². The predicted molar refractivity (Wildman–Crippen MR) is 105 cm³/mol. The van der Waals surface area contributed by atoms with Crippen LogP contribution in [-0.4, -0.2) is 50.3 Å². The normalized spacial score (nSPS) is 25.7. The van der Waals surface area contributed by atoms with E-state index in [9.17, 15) is 22.7 Å². The zero-order chi connectivity index (χ0) is 20.9. The summed E-state index contributed by atoms with van der Waals surface area (Å²) >= 11 is 0. The molecule has 0 unspecified atom stereocenters. The minimum atomic E-state index is -3.92. The largest absolute Gasteiger partial charge is 0.394 e. The van der Waals surface area contributed by atoms with Gasteiger partial charge in [0, 0.05) is 6.04 Å². The average Bonchev–Trinajstić information content (AvgIpc) is 2.70. The van der Waals surface area contributed by atoms with Crippen LogP contribution in [0.25, 0.3) is 0 Å². The highest BCUT2D eigenvalue weighted by atomic mass is 32.2. The summed E-state index contributed by atoms with van der Waals surface area (Å²) < 4.78 is 46.2. The van der Waals surface area contributed by atoms with Gasteiger partial charge >= 0.3 is 0 Å². The third kappa shape index (κ3) is 6.08. The Morgan fingerprint density at radius 3 is 2.48 bits per heavy atom. The highest BCUT2D eigenvalue weighted by molar-refractivity contribution is 7.89. The molecule has 3 rings (SSSR count). The Hall–Kier alpha value is -1.81. The van der Waals surface area contributed by atoms with Crippen LogP contribution in [0.5, 0.6) is 0 Å². The summed E-state index contributed by atoms with van der Waals surface area (Å²) in [6.07, 6.45) is 7.37. The second kappa shape index (κ2) is 9.80. The molecule has 3 atom stereocenters. The summed E-state index contributed by atoms with van der Waals surface area (Å²) in [7, 11) is -3.92. The molecule has 1 saturated carbocycles. The molecular weight excluding hydrogens is 399 g/mol. The molecule has 1 fully saturated rings. The monoisotopic (exact) mass is 426 g/mol. The molecule has 9 heteroatoms. The van der Waals surface area contributed by atoms with Gasteiger partial charge in [-0.2, -0.15) is 0 Å². The number of aliphatic hydroxyl groups excluding tert-OH is 1. The Bertz CT molecular complexity index is 822. The van der Waals surface area contributed by atoms with Crippen LogP contribution in [0.3, 0.4) is 0 Å². The van der Waals surface area contributed by atoms with Crippen molar-refractivity contribution in [1.82, 2.24) is 10.0 Å². The van der Waals surface area contributed by atoms with Crippen LogP contribution in [0.1, 0.15) is 38.5 Å². The Balaban J connectivity index is 1.59. The lowest BCUT2D eigenvalue weighted by Gasteiger charge is -2.32. The standard InChI is InChI=1S/C20H27FN2O5S/c21-14-6-9-17(10-7-14)29(26,27)23-18-11-8-16(28-19(18)13-24)12-20(25)22-15-4-2-1-3-5-15/h6-11,15-16,18-19,23-24H,1-5,12-13H2,(H,22,25)/t16-,18-,19+/m0/s1. The predicted octanol–water partition coefficient (Wildman–Crippen LogP) is 1.63. The maximum atomic E-state index is 13.0. The van der Waals surface area contributed by atoms with Gasteiger partial charge in [-0.05, 0) is 37.1 Å². The molecule has 160 valence electrons. The minimum absolute atomic E-state index is 0.0852. The van der Waals surface area contributed by atoms with Crippen LogP contribution in [0.4, 0.5) is 4.39 Å². The number of nitrogens with one attached hydrogen (secondary N) is 2. The zero-order valence-electron chi connectivity index (χ0n) is 16.1. The molecule has 29 heavy (non-hydrogen) atoms. The molecule has 0 saturated heterocycles. The second-order valence-electron chi connectivity index (χ2n) is 7.49. The molecule has 1 amide bonds. The van der Waals surface area contributed by atoms with E-state index in [1.807, 2.05) is 0 Å². The Labute approximate surface area is 170 Å². The summed E-state index contributed by atoms with van der Waals surface area (Å²) in [6, 6.07) is 3.85. The quantitative estimate of drug-likeness (QED) is 0.575. The molecule has 1 heterocycles. The zero-order valence-corrected chi connectivity index (χ0v) is 16.9. The molecule has 0 spiro atoms. The summed E-state index contributed by atoms with van der Waals surface area (Å²) in [6.45, 7) is -0.415. The molecule has 1 aliphatic carbocycles. The van der Waals surface area contributed by atoms with Crippen LogP contribution in [0, 0.1) is 5.82 Å². The maximum Gasteiger partial charge on any atom is 0.241 e. The molecule has 7 nitrogen and oxygen atoms in total. The van der Waals surface area contributed by atoms with E-state index in [-0.39, 0.29) is 23.3 Å². The van der Waals surface area contributed by atoms with Crippen molar-refractivity contribution in [2.75, 3.05) is 6.61 Å². The fraction of sp³-hybridized carbons (Fsp3) is 0.550. The van der Waals surface area contributed by atoms with E-state index < -0.39 is 40.7 Å². The highest BCUT2D eigenvalue weighted by Gasteiger charge is 2.31. The van der Waals surface area contributed by atoms with Gasteiger partial charge in [-0.1, -0.05) is 31.4 Å². The first-order valence-corrected chi connectivity index (χ1v) is 11.4. The van der Waals surface area contributed by atoms with Gasteiger partial charge in [0.15, 0.2) is 0 Å². The minimum Gasteiger partial charge on any atom is -0.394 e. The topological polar surface area (TPSA) is 105 Å². The van der Waals surface area contributed by atoms with E-state index in [1.54, 1.807) is 12.2 Å². The van der Waals surface area contributed by atoms with Crippen molar-refractivity contribution in [2.45, 2.75) is 67.7 Å². The summed E-state index contributed by atoms with van der Waals surface area (Å²) in [4.78, 5) is 12.2. The van der Waals surface area contributed by atoms with Crippen LogP contribution in [0.15, 0.2) is 41.3 Å². The van der Waals surface area contributed by atoms with Crippen LogP contribution < -0.4 is 10.0 Å². The number of hydrogen-bond acceptors (Lipinski definition) is 5. The van der Waals surface area contributed by atoms with Gasteiger partial charge in [-0.15, -0.1) is 0 Å². The number of halogens is 1. The van der Waals surface area contributed by atoms with Crippen LogP contribution in [0.2, 0.25) is 0 Å². The van der Waals surface area contributed by atoms with E-state index in [0.717, 1.165) is 49.9 Å². The first-order valence-electron chi connectivity index (χ1n) is 9.89. The van der Waals surface area contributed by atoms with Gasteiger partial charge in [0.05, 0.1) is 30.1 Å². The lowest BCUT2D eigenvalue weighted by atomic mass is 9.95. The summed E-state index contributed by atoms with van der Waals surface area (Å²) in [5.41, 5.74) is 0. The van der Waals surface area contributed by atoms with E-state index in [1.165, 1.54) is 6.42 Å². The van der Waals surface area contributed by atoms with Crippen molar-refractivity contribution in [2.24, 2.45) is 0 Å². The van der Waals surface area contributed by atoms with Gasteiger partial charge in [0.1, 0.15) is 11.9 Å². The van der Waals surface area contributed by atoms with Crippen LogP contribution >= 0.6 is 0 Å². The van der Waals surface area contributed by atoms with E-state index in [2.05, 4.69) is 10.0 Å². The number of aliphatic hydroxyl groups is 1. The van der Waals surface area contributed by atoms with E-state index >= 15 is 0 Å². The molecule has 0 aromatic heterocycles. The summed E-state index contributed by atoms with van der Waals surface area (Å²) in [5.74, 6) is -0.652. The Kier molecular flexibility index (Phi) is 7.39. The summed E-state index contributed by atoms with van der Waals surface area (Å²) in [5, 5.41) is 12.7. The van der Waals surface area contributed by atoms with Gasteiger partial charge in [0.2, 0.25) is 15.9 Å². The molecule has 1 aromatic rings. The smallest absolute Gasteiger partial charge is 0.241 e. The number of hydrogen-bond donors (Lipinski definition) is 3. The first kappa shape index (κ1) is 21.9. The highest BCUT2D eigenvalue weighted by Crippen LogP contribution is 2.20. The number of ether oxygens (including phenoxy) is 1. The number of carbonyl (C=O) groups excluding carboxylic acids is 1. The number of rotatable bonds is 7. The van der Waals surface area contributed by atoms with Gasteiger partial charge < -0.3 is 15.2 Å². The van der Waals surface area contributed by atoms with Crippen molar-refractivity contribution in [3.8, 4) is 0 Å². The third-order valence-corrected chi connectivity index (χ3v) is 6.71. The fourth-order valence-corrected chi connectivity index (χ4v) is 4.91. The van der Waals surface area contributed by atoms with Crippen molar-refractivity contribution in [3.63, 3.8) is 0 Å². The van der Waals surface area contributed by atoms with Crippen molar-refractivity contribution in [3.05, 3.63) is 42.2 Å². The van der Waals surface area contributed by atoms with Crippen LogP contribution in [-0.2, 0) is 19.6 Å². The van der Waals surface area contributed by atoms with Crippen molar-refractivity contribution < 1.29 is 27.4 Å². The van der Waals surface area contributed by atoms with Crippen molar-refractivity contribution in [1.29, 1.82) is 0 Å². The SMILES string of the molecule is O=C(C[C@@H]1C=C[C@H](NS(=O)(=O)c2ccc(F)cc2)[C@@H](CO)O1)NC1CCCCC1. The number of amides is 1. The second-order valence-corrected chi connectivity index (χ2v) is 9.20. The molecule has 1 aromatic carbocycles. The number of benzene rings is 1. The molecular formula is C20H27FN2O5S. The molecule has 0 radical (unpaired) electrons. The molecule has 3 N–H and O–H groups in total. The van der Waals surface area contributed by atoms with E-state index in [4.69, 9.17) is 4.74 Å². The lowest BCUT2D eigenvalue weighted by Crippen LogP contribution is -2.49. The lowest BCUT2D eigenvalue weighted by molar-refractivity contribution is -0.126. The first-order chi connectivity index (χ1) is 13.9. The Morgan fingerprint density at radius 1 is 1.14 bits per heavy atom. The molecule has 0 bridgehead atoms. The van der Waals surface area contributed by atoms with Gasteiger partial charge in [-0.25, -0.2) is 17.5 Å². The average molecular weight is 427 g/mol. The fourth-order valence-electron chi connectivity index (χ4n) is 3.69.